The van der Waals surface area contributed by atoms with Crippen LogP contribution in [0.2, 0.25) is 0 Å². The molecule has 0 amide bonds. The number of nitrogens with zero attached hydrogens (tertiary/aromatic N) is 4. The Morgan fingerprint density at radius 2 is 1.87 bits per heavy atom. The molecule has 1 N–H and O–H groups in total. The lowest BCUT2D eigenvalue weighted by Crippen LogP contribution is -2.28. The molecule has 0 aliphatic carbocycles. The number of rotatable bonds is 7. The topological polar surface area (TPSA) is 70.8 Å². The Morgan fingerprint density at radius 3 is 2.50 bits per heavy atom. The van der Waals surface area contributed by atoms with Crippen LogP contribution in [-0.2, 0) is 13.2 Å². The van der Waals surface area contributed by atoms with Gasteiger partial charge in [-0.25, -0.2) is 4.98 Å². The van der Waals surface area contributed by atoms with Gasteiger partial charge >= 0.3 is 0 Å². The maximum absolute atomic E-state index is 9.74. The van der Waals surface area contributed by atoms with E-state index in [2.05, 4.69) is 53.2 Å². The fraction of sp³-hybridized carbons (Fsp3) is 0.292. The Morgan fingerprint density at radius 1 is 1.10 bits per heavy atom. The summed E-state index contributed by atoms with van der Waals surface area (Å²) in [6, 6.07) is 16.0. The lowest BCUT2D eigenvalue weighted by molar-refractivity contribution is 0.287. The van der Waals surface area contributed by atoms with Gasteiger partial charge in [0.1, 0.15) is 6.61 Å². The van der Waals surface area contributed by atoms with E-state index in [0.717, 1.165) is 16.8 Å². The normalized spacial score (nSPS) is 11.6. The van der Waals surface area contributed by atoms with E-state index in [1.54, 1.807) is 12.4 Å². The van der Waals surface area contributed by atoms with Gasteiger partial charge in [0.05, 0.1) is 5.56 Å². The quantitative estimate of drug-likeness (QED) is 0.266. The van der Waals surface area contributed by atoms with Crippen LogP contribution >= 0.6 is 0 Å². The average Bonchev–Trinajstić information content (AvgIpc) is 2.75. The highest BCUT2D eigenvalue weighted by Crippen LogP contribution is 2.22. The summed E-state index contributed by atoms with van der Waals surface area (Å²) in [5, 5.41) is 13.3. The van der Waals surface area contributed by atoms with Crippen molar-refractivity contribution >= 4 is 5.84 Å². The van der Waals surface area contributed by atoms with Gasteiger partial charge in [0.25, 0.3) is 0 Å². The van der Waals surface area contributed by atoms with Gasteiger partial charge in [-0.15, -0.1) is 0 Å². The summed E-state index contributed by atoms with van der Waals surface area (Å²) in [6.07, 6.45) is 3.52. The number of amidine groups is 1. The molecular formula is C24H28N4O2. The van der Waals surface area contributed by atoms with E-state index in [1.807, 2.05) is 43.1 Å². The minimum Gasteiger partial charge on any atom is -0.472 e. The summed E-state index contributed by atoms with van der Waals surface area (Å²) >= 11 is 0. The van der Waals surface area contributed by atoms with Gasteiger partial charge in [-0.1, -0.05) is 49.3 Å². The maximum Gasteiger partial charge on any atom is 0.225 e. The largest absolute Gasteiger partial charge is 0.472 e. The number of aromatic nitrogens is 2. The van der Waals surface area contributed by atoms with Crippen LogP contribution in [0.4, 0.5) is 0 Å². The van der Waals surface area contributed by atoms with Crippen molar-refractivity contribution in [1.29, 1.82) is 0 Å². The van der Waals surface area contributed by atoms with E-state index < -0.39 is 0 Å². The molecule has 0 saturated heterocycles. The second-order valence-corrected chi connectivity index (χ2v) is 7.63. The Labute approximate surface area is 177 Å². The first-order valence-electron chi connectivity index (χ1n) is 9.99. The summed E-state index contributed by atoms with van der Waals surface area (Å²) in [5.41, 5.74) is 4.82. The number of aryl methyl sites for hydroxylation is 1. The molecule has 0 saturated carbocycles. The number of hydrogen-bond acceptors (Lipinski definition) is 5. The van der Waals surface area contributed by atoms with Crippen molar-refractivity contribution in [2.75, 3.05) is 7.05 Å². The third-order valence-electron chi connectivity index (χ3n) is 4.86. The van der Waals surface area contributed by atoms with E-state index >= 15 is 0 Å². The molecule has 0 aliphatic heterocycles. The van der Waals surface area contributed by atoms with Crippen molar-refractivity contribution in [1.82, 2.24) is 14.9 Å². The molecule has 156 valence electrons. The van der Waals surface area contributed by atoms with Crippen molar-refractivity contribution in [2.45, 2.75) is 39.8 Å². The van der Waals surface area contributed by atoms with E-state index in [0.29, 0.717) is 36.3 Å². The lowest BCUT2D eigenvalue weighted by atomic mass is 10.0. The zero-order valence-corrected chi connectivity index (χ0v) is 17.9. The predicted molar refractivity (Wildman–Crippen MR) is 118 cm³/mol. The van der Waals surface area contributed by atoms with Crippen LogP contribution in [0.3, 0.4) is 0 Å². The lowest BCUT2D eigenvalue weighted by Gasteiger charge is -2.21. The Kier molecular flexibility index (Phi) is 7.01. The molecular weight excluding hydrogens is 376 g/mol. The van der Waals surface area contributed by atoms with Gasteiger partial charge in [0.2, 0.25) is 5.88 Å². The Balaban J connectivity index is 1.79. The molecule has 3 rings (SSSR count). The number of benzene rings is 1. The third-order valence-corrected chi connectivity index (χ3v) is 4.86. The molecule has 3 aromatic rings. The number of ether oxygens (including phenoxy) is 1. The fourth-order valence-corrected chi connectivity index (χ4v) is 3.14. The van der Waals surface area contributed by atoms with Crippen LogP contribution in [0.15, 0.2) is 66.1 Å². The SMILES string of the molecule is Cc1ccc(/C(=N/O)N(C)Cc2cccnc2)c(OCc2ccc(C(C)C)cc2)n1. The summed E-state index contributed by atoms with van der Waals surface area (Å²) in [6.45, 7) is 7.17. The standard InChI is InChI=1S/C24H28N4O2/c1-17(2)21-10-8-19(9-11-21)16-30-24-22(12-7-18(3)26-24)23(27-29)28(4)15-20-6-5-13-25-14-20/h5-14,17,29H,15-16H2,1-4H3/b27-23-. The second kappa shape index (κ2) is 9.87. The molecule has 2 heterocycles. The smallest absolute Gasteiger partial charge is 0.225 e. The van der Waals surface area contributed by atoms with E-state index in [4.69, 9.17) is 4.74 Å². The minimum atomic E-state index is 0.382. The van der Waals surface area contributed by atoms with Crippen LogP contribution in [0, 0.1) is 6.92 Å². The highest BCUT2D eigenvalue weighted by Gasteiger charge is 2.18. The van der Waals surface area contributed by atoms with E-state index in [9.17, 15) is 5.21 Å². The molecule has 0 radical (unpaired) electrons. The van der Waals surface area contributed by atoms with Gasteiger partial charge in [-0.2, -0.15) is 0 Å². The molecule has 30 heavy (non-hydrogen) atoms. The fourth-order valence-electron chi connectivity index (χ4n) is 3.14. The average molecular weight is 405 g/mol. The van der Waals surface area contributed by atoms with E-state index in [-0.39, 0.29) is 0 Å². The zero-order valence-electron chi connectivity index (χ0n) is 17.9. The minimum absolute atomic E-state index is 0.382. The van der Waals surface area contributed by atoms with Crippen LogP contribution in [0.25, 0.3) is 0 Å². The summed E-state index contributed by atoms with van der Waals surface area (Å²) in [7, 11) is 1.86. The van der Waals surface area contributed by atoms with Crippen molar-refractivity contribution in [3.05, 3.63) is 88.9 Å². The Hall–Kier alpha value is -3.41. The van der Waals surface area contributed by atoms with Crippen molar-refractivity contribution in [3.8, 4) is 5.88 Å². The van der Waals surface area contributed by atoms with Crippen molar-refractivity contribution < 1.29 is 9.94 Å². The van der Waals surface area contributed by atoms with Crippen LogP contribution in [0.5, 0.6) is 5.88 Å². The van der Waals surface area contributed by atoms with Gasteiger partial charge in [0.15, 0.2) is 5.84 Å². The van der Waals surface area contributed by atoms with Gasteiger partial charge in [-0.3, -0.25) is 4.98 Å². The third kappa shape index (κ3) is 5.35. The molecule has 6 heteroatoms. The first kappa shape index (κ1) is 21.3. The molecule has 1 aromatic carbocycles. The highest BCUT2D eigenvalue weighted by molar-refractivity contribution is 6.00. The molecule has 0 aliphatic rings. The first-order valence-corrected chi connectivity index (χ1v) is 9.99. The molecule has 0 unspecified atom stereocenters. The predicted octanol–water partition coefficient (Wildman–Crippen LogP) is 4.76. The first-order chi connectivity index (χ1) is 14.5. The van der Waals surface area contributed by atoms with Crippen LogP contribution in [-0.4, -0.2) is 33.0 Å². The molecule has 2 aromatic heterocycles. The van der Waals surface area contributed by atoms with Crippen LogP contribution in [0.1, 0.15) is 47.7 Å². The Bertz CT molecular complexity index is 986. The molecule has 0 fully saturated rings. The molecule has 0 bridgehead atoms. The number of pyridine rings is 2. The number of hydrogen-bond donors (Lipinski definition) is 1. The summed E-state index contributed by atoms with van der Waals surface area (Å²) < 4.78 is 6.05. The van der Waals surface area contributed by atoms with Gasteiger partial charge in [-0.05, 0) is 47.7 Å². The highest BCUT2D eigenvalue weighted by atomic mass is 16.5. The van der Waals surface area contributed by atoms with Gasteiger partial charge < -0.3 is 14.8 Å². The monoisotopic (exact) mass is 404 g/mol. The van der Waals surface area contributed by atoms with Gasteiger partial charge in [0, 0.05) is 31.7 Å². The summed E-state index contributed by atoms with van der Waals surface area (Å²) in [4.78, 5) is 10.5. The summed E-state index contributed by atoms with van der Waals surface area (Å²) in [5.74, 6) is 1.31. The second-order valence-electron chi connectivity index (χ2n) is 7.63. The zero-order chi connectivity index (χ0) is 21.5. The van der Waals surface area contributed by atoms with Crippen LogP contribution < -0.4 is 4.74 Å². The van der Waals surface area contributed by atoms with E-state index in [1.165, 1.54) is 5.56 Å². The molecule has 0 spiro atoms. The van der Waals surface area contributed by atoms with Crippen molar-refractivity contribution in [3.63, 3.8) is 0 Å². The van der Waals surface area contributed by atoms with Crippen molar-refractivity contribution in [2.24, 2.45) is 5.16 Å². The molecule has 0 atom stereocenters. The number of oxime groups is 1. The maximum atomic E-state index is 9.74. The molecule has 6 nitrogen and oxygen atoms in total.